The number of hydrogen-bond donors (Lipinski definition) is 2. The summed E-state index contributed by atoms with van der Waals surface area (Å²) in [6.45, 7) is 3.42. The Morgan fingerprint density at radius 3 is 2.31 bits per heavy atom. The molecule has 1 heterocycles. The fourth-order valence-corrected chi connectivity index (χ4v) is 3.69. The van der Waals surface area contributed by atoms with Gasteiger partial charge in [-0.05, 0) is 54.8 Å². The van der Waals surface area contributed by atoms with Crippen molar-refractivity contribution in [3.8, 4) is 11.5 Å². The number of amides is 1. The molecule has 7 heteroatoms. The fraction of sp³-hybridized carbons (Fsp3) is 0.360. The highest BCUT2D eigenvalue weighted by Crippen LogP contribution is 2.40. The van der Waals surface area contributed by atoms with Gasteiger partial charge in [0.15, 0.2) is 0 Å². The number of aromatic hydroxyl groups is 1. The predicted octanol–water partition coefficient (Wildman–Crippen LogP) is 4.03. The highest BCUT2D eigenvalue weighted by atomic mass is 16.5. The van der Waals surface area contributed by atoms with Gasteiger partial charge in [0.1, 0.15) is 17.3 Å². The smallest absolute Gasteiger partial charge is 0.295 e. The molecular formula is C25H29NO6. The zero-order valence-electron chi connectivity index (χ0n) is 18.4. The summed E-state index contributed by atoms with van der Waals surface area (Å²) in [7, 11) is 1.57. The Labute approximate surface area is 187 Å². The normalized spacial score (nSPS) is 17.7. The lowest BCUT2D eigenvalue weighted by atomic mass is 9.95. The van der Waals surface area contributed by atoms with Crippen LogP contribution in [0.2, 0.25) is 0 Å². The molecule has 2 aromatic carbocycles. The summed E-state index contributed by atoms with van der Waals surface area (Å²) in [5.74, 6) is -0.897. The van der Waals surface area contributed by atoms with E-state index in [-0.39, 0.29) is 17.1 Å². The van der Waals surface area contributed by atoms with Crippen molar-refractivity contribution in [1.82, 2.24) is 4.90 Å². The molecule has 0 aliphatic carbocycles. The summed E-state index contributed by atoms with van der Waals surface area (Å²) in [4.78, 5) is 27.2. The number of methoxy groups -OCH3 is 1. The van der Waals surface area contributed by atoms with Gasteiger partial charge < -0.3 is 24.6 Å². The molecule has 0 radical (unpaired) electrons. The summed E-state index contributed by atoms with van der Waals surface area (Å²) in [5, 5.41) is 20.7. The number of Topliss-reactive ketones (excluding diaryl/α,β-unsaturated/α-hetero) is 1. The molecule has 1 amide bonds. The Morgan fingerprint density at radius 2 is 1.69 bits per heavy atom. The summed E-state index contributed by atoms with van der Waals surface area (Å²) in [5.41, 5.74) is 1.07. The molecule has 0 spiro atoms. The van der Waals surface area contributed by atoms with Crippen molar-refractivity contribution < 1.29 is 29.3 Å². The molecule has 2 N–H and O–H groups in total. The minimum atomic E-state index is -0.757. The Kier molecular flexibility index (Phi) is 7.89. The van der Waals surface area contributed by atoms with Crippen molar-refractivity contribution in [2.75, 3.05) is 26.9 Å². The molecule has 1 saturated heterocycles. The van der Waals surface area contributed by atoms with Gasteiger partial charge in [0.2, 0.25) is 0 Å². The van der Waals surface area contributed by atoms with Crippen LogP contribution in [0.15, 0.2) is 54.1 Å². The van der Waals surface area contributed by atoms with Crippen LogP contribution in [0.5, 0.6) is 11.5 Å². The van der Waals surface area contributed by atoms with E-state index in [9.17, 15) is 19.8 Å². The van der Waals surface area contributed by atoms with E-state index >= 15 is 0 Å². The third kappa shape index (κ3) is 5.11. The molecule has 3 rings (SSSR count). The van der Waals surface area contributed by atoms with E-state index in [1.807, 2.05) is 0 Å². The van der Waals surface area contributed by atoms with Gasteiger partial charge in [-0.15, -0.1) is 0 Å². The highest BCUT2D eigenvalue weighted by Gasteiger charge is 2.45. The number of hydrogen-bond acceptors (Lipinski definition) is 6. The van der Waals surface area contributed by atoms with Crippen LogP contribution in [0.3, 0.4) is 0 Å². The molecule has 1 atom stereocenters. The zero-order chi connectivity index (χ0) is 23.1. The van der Waals surface area contributed by atoms with Gasteiger partial charge >= 0.3 is 0 Å². The quantitative estimate of drug-likeness (QED) is 0.251. The lowest BCUT2D eigenvalue weighted by molar-refractivity contribution is -0.140. The second-order valence-corrected chi connectivity index (χ2v) is 7.66. The first-order chi connectivity index (χ1) is 15.5. The molecule has 170 valence electrons. The number of carbonyl (C=O) groups excluding carboxylic acids is 2. The SMILES string of the molecule is CCCCOc1ccc(/C(O)=C2\C(=O)C(=O)N(CCCOC)[C@H]2c2ccc(O)cc2)cc1. The van der Waals surface area contributed by atoms with Gasteiger partial charge in [0.25, 0.3) is 11.7 Å². The molecule has 0 bridgehead atoms. The second-order valence-electron chi connectivity index (χ2n) is 7.66. The summed E-state index contributed by atoms with van der Waals surface area (Å²) in [6, 6.07) is 12.3. The molecular weight excluding hydrogens is 410 g/mol. The Bertz CT molecular complexity index is 965. The van der Waals surface area contributed by atoms with Crippen molar-refractivity contribution in [3.05, 3.63) is 65.2 Å². The molecule has 32 heavy (non-hydrogen) atoms. The van der Waals surface area contributed by atoms with Crippen LogP contribution in [0, 0.1) is 0 Å². The van der Waals surface area contributed by atoms with Gasteiger partial charge in [0, 0.05) is 25.8 Å². The van der Waals surface area contributed by atoms with Crippen molar-refractivity contribution in [1.29, 1.82) is 0 Å². The molecule has 1 aliphatic rings. The van der Waals surface area contributed by atoms with Gasteiger partial charge in [0.05, 0.1) is 18.2 Å². The molecule has 1 fully saturated rings. The number of unbranched alkanes of at least 4 members (excludes halogenated alkanes) is 1. The number of carbonyl (C=O) groups is 2. The van der Waals surface area contributed by atoms with Gasteiger partial charge in [-0.3, -0.25) is 9.59 Å². The van der Waals surface area contributed by atoms with Crippen LogP contribution in [-0.2, 0) is 14.3 Å². The van der Waals surface area contributed by atoms with Crippen LogP contribution >= 0.6 is 0 Å². The second kappa shape index (κ2) is 10.8. The first-order valence-electron chi connectivity index (χ1n) is 10.8. The van der Waals surface area contributed by atoms with Crippen molar-refractivity contribution in [3.63, 3.8) is 0 Å². The van der Waals surface area contributed by atoms with Gasteiger partial charge in [-0.1, -0.05) is 25.5 Å². The van der Waals surface area contributed by atoms with Gasteiger partial charge in [-0.25, -0.2) is 0 Å². The molecule has 0 unspecified atom stereocenters. The van der Waals surface area contributed by atoms with E-state index in [2.05, 4.69) is 6.92 Å². The Balaban J connectivity index is 1.98. The number of nitrogens with zero attached hydrogens (tertiary/aromatic N) is 1. The minimum absolute atomic E-state index is 0.0257. The number of phenols is 1. The molecule has 2 aromatic rings. The lowest BCUT2D eigenvalue weighted by Gasteiger charge is -2.25. The first-order valence-corrected chi connectivity index (χ1v) is 10.8. The maximum atomic E-state index is 12.9. The fourth-order valence-electron chi connectivity index (χ4n) is 3.69. The number of aliphatic hydroxyl groups excluding tert-OH is 1. The molecule has 7 nitrogen and oxygen atoms in total. The lowest BCUT2D eigenvalue weighted by Crippen LogP contribution is -2.31. The topological polar surface area (TPSA) is 96.3 Å². The van der Waals surface area contributed by atoms with Crippen LogP contribution in [0.4, 0.5) is 0 Å². The Hall–Kier alpha value is -3.32. The first kappa shape index (κ1) is 23.3. The number of ether oxygens (including phenoxy) is 2. The zero-order valence-corrected chi connectivity index (χ0v) is 18.4. The largest absolute Gasteiger partial charge is 0.508 e. The van der Waals surface area contributed by atoms with Crippen LogP contribution in [0.1, 0.15) is 43.4 Å². The van der Waals surface area contributed by atoms with Crippen LogP contribution < -0.4 is 4.74 Å². The number of ketones is 1. The number of phenolic OH excluding ortho intramolecular Hbond substituents is 1. The van der Waals surface area contributed by atoms with Crippen LogP contribution in [-0.4, -0.2) is 53.7 Å². The number of likely N-dealkylation sites (tertiary alicyclic amines) is 1. The average Bonchev–Trinajstić information content (AvgIpc) is 3.05. The van der Waals surface area contributed by atoms with E-state index in [4.69, 9.17) is 9.47 Å². The third-order valence-electron chi connectivity index (χ3n) is 5.39. The minimum Gasteiger partial charge on any atom is -0.508 e. The van der Waals surface area contributed by atoms with Crippen molar-refractivity contribution in [2.45, 2.75) is 32.2 Å². The molecule has 1 aliphatic heterocycles. The molecule has 0 aromatic heterocycles. The van der Waals surface area contributed by atoms with Crippen LogP contribution in [0.25, 0.3) is 5.76 Å². The number of benzene rings is 2. The monoisotopic (exact) mass is 439 g/mol. The summed E-state index contributed by atoms with van der Waals surface area (Å²) >= 11 is 0. The summed E-state index contributed by atoms with van der Waals surface area (Å²) in [6.07, 6.45) is 2.52. The van der Waals surface area contributed by atoms with Gasteiger partial charge in [-0.2, -0.15) is 0 Å². The van der Waals surface area contributed by atoms with E-state index in [1.54, 1.807) is 43.5 Å². The third-order valence-corrected chi connectivity index (χ3v) is 5.39. The Morgan fingerprint density at radius 1 is 1.00 bits per heavy atom. The number of rotatable bonds is 10. The van der Waals surface area contributed by atoms with E-state index < -0.39 is 17.7 Å². The van der Waals surface area contributed by atoms with Crippen molar-refractivity contribution in [2.24, 2.45) is 0 Å². The van der Waals surface area contributed by atoms with E-state index in [0.717, 1.165) is 12.8 Å². The average molecular weight is 440 g/mol. The van der Waals surface area contributed by atoms with E-state index in [1.165, 1.54) is 17.0 Å². The summed E-state index contributed by atoms with van der Waals surface area (Å²) < 4.78 is 10.7. The highest BCUT2D eigenvalue weighted by molar-refractivity contribution is 6.46. The maximum absolute atomic E-state index is 12.9. The predicted molar refractivity (Wildman–Crippen MR) is 120 cm³/mol. The van der Waals surface area contributed by atoms with E-state index in [0.29, 0.717) is 43.1 Å². The van der Waals surface area contributed by atoms with Crippen molar-refractivity contribution >= 4 is 17.4 Å². The molecule has 0 saturated carbocycles. The maximum Gasteiger partial charge on any atom is 0.295 e. The standard InChI is InChI=1S/C25H29NO6/c1-3-4-16-32-20-12-8-18(9-13-20)23(28)21-22(17-6-10-19(27)11-7-17)26(14-5-15-31-2)25(30)24(21)29/h6-13,22,27-28H,3-5,14-16H2,1-2H3/b23-21+/t22-/m0/s1. The number of aliphatic hydroxyl groups is 1.